The SMILES string of the molecule is CCCCOCCOCCOCCOCCOCCOCCOCCOCCOCCOCCOCCOCCC(=O)O. The van der Waals surface area contributed by atoms with Crippen molar-refractivity contribution in [2.45, 2.75) is 26.2 Å². The molecule has 0 fully saturated rings. The molecule has 0 heterocycles. The van der Waals surface area contributed by atoms with Crippen LogP contribution < -0.4 is 0 Å². The Morgan fingerprint density at radius 1 is 0.349 bits per heavy atom. The Morgan fingerprint density at radius 2 is 0.535 bits per heavy atom. The van der Waals surface area contributed by atoms with E-state index in [-0.39, 0.29) is 13.0 Å². The molecule has 14 nitrogen and oxygen atoms in total. The Kier molecular flexibility index (Phi) is 38.1. The average Bonchev–Trinajstić information content (AvgIpc) is 3.00. The lowest BCUT2D eigenvalue weighted by molar-refractivity contribution is -0.138. The van der Waals surface area contributed by atoms with Gasteiger partial charge in [0.15, 0.2) is 0 Å². The third-order valence-electron chi connectivity index (χ3n) is 5.19. The highest BCUT2D eigenvalue weighted by atomic mass is 16.6. The highest BCUT2D eigenvalue weighted by Gasteiger charge is 1.98. The number of carboxylic acid groups (broad SMARTS) is 1. The van der Waals surface area contributed by atoms with Gasteiger partial charge >= 0.3 is 5.97 Å². The van der Waals surface area contributed by atoms with Crippen molar-refractivity contribution >= 4 is 5.97 Å². The Balaban J connectivity index is 3.03. The van der Waals surface area contributed by atoms with Crippen LogP contribution in [0.1, 0.15) is 26.2 Å². The zero-order chi connectivity index (χ0) is 31.2. The average molecular weight is 631 g/mol. The first-order valence-corrected chi connectivity index (χ1v) is 15.4. The summed E-state index contributed by atoms with van der Waals surface area (Å²) in [6, 6.07) is 0. The largest absolute Gasteiger partial charge is 0.481 e. The van der Waals surface area contributed by atoms with Gasteiger partial charge in [0.05, 0.1) is 158 Å². The molecule has 0 amide bonds. The van der Waals surface area contributed by atoms with Gasteiger partial charge in [-0.3, -0.25) is 4.79 Å². The van der Waals surface area contributed by atoms with E-state index >= 15 is 0 Å². The molecule has 0 aliphatic carbocycles. The summed E-state index contributed by atoms with van der Waals surface area (Å²) in [5.41, 5.74) is 0. The van der Waals surface area contributed by atoms with E-state index in [1.807, 2.05) is 0 Å². The molecule has 0 aromatic carbocycles. The minimum Gasteiger partial charge on any atom is -0.481 e. The van der Waals surface area contributed by atoms with Gasteiger partial charge in [-0.1, -0.05) is 13.3 Å². The van der Waals surface area contributed by atoms with Gasteiger partial charge in [0.1, 0.15) is 0 Å². The number of rotatable bonds is 39. The van der Waals surface area contributed by atoms with E-state index in [2.05, 4.69) is 6.92 Å². The zero-order valence-corrected chi connectivity index (χ0v) is 26.3. The van der Waals surface area contributed by atoms with Gasteiger partial charge in [0.25, 0.3) is 0 Å². The third-order valence-corrected chi connectivity index (χ3v) is 5.19. The quantitative estimate of drug-likeness (QED) is 0.0977. The number of carbonyl (C=O) groups is 1. The van der Waals surface area contributed by atoms with Crippen LogP contribution in [0.3, 0.4) is 0 Å². The number of carboxylic acids is 1. The summed E-state index contributed by atoms with van der Waals surface area (Å²) in [6.45, 7) is 14.2. The molecule has 0 aliphatic heterocycles. The van der Waals surface area contributed by atoms with Gasteiger partial charge in [0.2, 0.25) is 0 Å². The van der Waals surface area contributed by atoms with Crippen LogP contribution in [-0.4, -0.2) is 170 Å². The van der Waals surface area contributed by atoms with E-state index in [0.717, 1.165) is 19.4 Å². The van der Waals surface area contributed by atoms with Crippen LogP contribution in [0.4, 0.5) is 0 Å². The highest BCUT2D eigenvalue weighted by molar-refractivity contribution is 5.66. The predicted molar refractivity (Wildman–Crippen MR) is 157 cm³/mol. The second-order valence-electron chi connectivity index (χ2n) is 8.85. The molecule has 0 atom stereocenters. The van der Waals surface area contributed by atoms with E-state index in [4.69, 9.17) is 61.9 Å². The topological polar surface area (TPSA) is 148 Å². The van der Waals surface area contributed by atoms with Crippen molar-refractivity contribution in [2.75, 3.05) is 159 Å². The molecule has 0 saturated heterocycles. The van der Waals surface area contributed by atoms with Crippen molar-refractivity contribution < 1.29 is 66.7 Å². The van der Waals surface area contributed by atoms with Crippen LogP contribution in [0.25, 0.3) is 0 Å². The predicted octanol–water partition coefficient (Wildman–Crippen LogP) is 1.46. The lowest BCUT2D eigenvalue weighted by Gasteiger charge is -2.09. The summed E-state index contributed by atoms with van der Waals surface area (Å²) >= 11 is 0. The lowest BCUT2D eigenvalue weighted by Crippen LogP contribution is -2.15. The van der Waals surface area contributed by atoms with Crippen LogP contribution in [-0.2, 0) is 61.6 Å². The molecule has 0 aliphatic rings. The molecule has 0 aromatic rings. The van der Waals surface area contributed by atoms with Crippen molar-refractivity contribution in [2.24, 2.45) is 0 Å². The van der Waals surface area contributed by atoms with E-state index in [1.54, 1.807) is 0 Å². The van der Waals surface area contributed by atoms with E-state index < -0.39 is 5.97 Å². The zero-order valence-electron chi connectivity index (χ0n) is 26.3. The smallest absolute Gasteiger partial charge is 0.305 e. The van der Waals surface area contributed by atoms with E-state index in [0.29, 0.717) is 145 Å². The van der Waals surface area contributed by atoms with E-state index in [9.17, 15) is 4.79 Å². The second-order valence-corrected chi connectivity index (χ2v) is 8.85. The van der Waals surface area contributed by atoms with Crippen LogP contribution >= 0.6 is 0 Å². The van der Waals surface area contributed by atoms with Gasteiger partial charge in [-0.15, -0.1) is 0 Å². The molecular formula is C29H58O14. The van der Waals surface area contributed by atoms with Gasteiger partial charge in [-0.2, -0.15) is 0 Å². The summed E-state index contributed by atoms with van der Waals surface area (Å²) in [7, 11) is 0. The second kappa shape index (κ2) is 39.0. The Morgan fingerprint density at radius 3 is 0.721 bits per heavy atom. The number of aliphatic carboxylic acids is 1. The molecular weight excluding hydrogens is 572 g/mol. The molecule has 0 rings (SSSR count). The van der Waals surface area contributed by atoms with Crippen molar-refractivity contribution in [3.63, 3.8) is 0 Å². The van der Waals surface area contributed by atoms with E-state index in [1.165, 1.54) is 0 Å². The maximum absolute atomic E-state index is 10.3. The number of ether oxygens (including phenoxy) is 12. The maximum atomic E-state index is 10.3. The fraction of sp³-hybridized carbons (Fsp3) is 0.966. The maximum Gasteiger partial charge on any atom is 0.305 e. The first-order chi connectivity index (χ1) is 21.3. The highest BCUT2D eigenvalue weighted by Crippen LogP contribution is 1.89. The Bertz CT molecular complexity index is 529. The van der Waals surface area contributed by atoms with Crippen LogP contribution in [0, 0.1) is 0 Å². The summed E-state index contributed by atoms with van der Waals surface area (Å²) in [6.07, 6.45) is 2.23. The number of unbranched alkanes of at least 4 members (excludes halogenated alkanes) is 1. The minimum absolute atomic E-state index is 0.000863. The summed E-state index contributed by atoms with van der Waals surface area (Å²) < 4.78 is 64.8. The molecule has 0 radical (unpaired) electrons. The first kappa shape index (κ1) is 42.0. The molecule has 0 bridgehead atoms. The van der Waals surface area contributed by atoms with Crippen LogP contribution in [0.5, 0.6) is 0 Å². The fourth-order valence-corrected chi connectivity index (χ4v) is 2.93. The van der Waals surface area contributed by atoms with Crippen LogP contribution in [0.2, 0.25) is 0 Å². The van der Waals surface area contributed by atoms with Crippen molar-refractivity contribution in [1.82, 2.24) is 0 Å². The molecule has 0 aromatic heterocycles. The van der Waals surface area contributed by atoms with Gasteiger partial charge in [-0.25, -0.2) is 0 Å². The van der Waals surface area contributed by atoms with Crippen LogP contribution in [0.15, 0.2) is 0 Å². The van der Waals surface area contributed by atoms with Gasteiger partial charge in [0, 0.05) is 6.61 Å². The monoisotopic (exact) mass is 630 g/mol. The number of hydrogen-bond donors (Lipinski definition) is 1. The van der Waals surface area contributed by atoms with Crippen molar-refractivity contribution in [1.29, 1.82) is 0 Å². The standard InChI is InChI=1S/C29H58O14/c1-2-3-5-32-7-9-34-11-13-36-15-17-38-19-21-40-23-25-42-27-28-43-26-24-41-22-20-39-18-16-37-14-12-35-10-8-33-6-4-29(30)31/h2-28H2,1H3,(H,30,31). The Hall–Kier alpha value is -1.01. The molecule has 0 spiro atoms. The molecule has 1 N–H and O–H groups in total. The van der Waals surface area contributed by atoms with Gasteiger partial charge in [-0.05, 0) is 6.42 Å². The van der Waals surface area contributed by atoms with Gasteiger partial charge < -0.3 is 61.9 Å². The molecule has 258 valence electrons. The summed E-state index contributed by atoms with van der Waals surface area (Å²) in [4.78, 5) is 10.3. The summed E-state index contributed by atoms with van der Waals surface area (Å²) in [5.74, 6) is -0.873. The minimum atomic E-state index is -0.873. The fourth-order valence-electron chi connectivity index (χ4n) is 2.93. The van der Waals surface area contributed by atoms with Crippen molar-refractivity contribution in [3.8, 4) is 0 Å². The molecule has 14 heteroatoms. The van der Waals surface area contributed by atoms with Crippen molar-refractivity contribution in [3.05, 3.63) is 0 Å². The molecule has 0 unspecified atom stereocenters. The lowest BCUT2D eigenvalue weighted by atomic mass is 10.4. The molecule has 43 heavy (non-hydrogen) atoms. The normalized spacial score (nSPS) is 11.5. The Labute approximate surface area is 257 Å². The number of hydrogen-bond acceptors (Lipinski definition) is 13. The molecule has 0 saturated carbocycles. The first-order valence-electron chi connectivity index (χ1n) is 15.4. The third kappa shape index (κ3) is 41.0. The summed E-state index contributed by atoms with van der Waals surface area (Å²) in [5, 5.41) is 8.48.